The van der Waals surface area contributed by atoms with Crippen molar-refractivity contribution in [3.63, 3.8) is 0 Å². The summed E-state index contributed by atoms with van der Waals surface area (Å²) in [4.78, 5) is 14.8. The Balaban J connectivity index is 1.85. The topological polar surface area (TPSA) is 79.0 Å². The fraction of sp³-hybridized carbons (Fsp3) is 0.938. The predicted octanol–water partition coefficient (Wildman–Crippen LogP) is 0.274. The van der Waals surface area contributed by atoms with Crippen molar-refractivity contribution >= 4 is 15.9 Å². The standard InChI is InChI=1S/C16H31N3O4S/c1-13(2)11-18-8-9-23-14(12-18)10-17-16(20)15-6-4-5-7-19(15)24(3,21)22/h13-15H,4-12H2,1-3H3,(H,17,20). The normalized spacial score (nSPS) is 27.3. The van der Waals surface area contributed by atoms with E-state index in [9.17, 15) is 13.2 Å². The second-order valence-corrected chi connectivity index (χ2v) is 9.21. The number of hydrogen-bond donors (Lipinski definition) is 1. The molecule has 1 N–H and O–H groups in total. The molecule has 24 heavy (non-hydrogen) atoms. The number of piperidine rings is 1. The van der Waals surface area contributed by atoms with Crippen LogP contribution in [0.5, 0.6) is 0 Å². The van der Waals surface area contributed by atoms with Crippen molar-refractivity contribution in [3.05, 3.63) is 0 Å². The van der Waals surface area contributed by atoms with Gasteiger partial charge in [0.15, 0.2) is 0 Å². The molecule has 0 radical (unpaired) electrons. The van der Waals surface area contributed by atoms with Crippen LogP contribution in [0.4, 0.5) is 0 Å². The summed E-state index contributed by atoms with van der Waals surface area (Å²) in [6, 6.07) is -0.580. The number of carbonyl (C=O) groups excluding carboxylic acids is 1. The number of rotatable bonds is 6. The third kappa shape index (κ3) is 5.68. The van der Waals surface area contributed by atoms with Crippen molar-refractivity contribution < 1.29 is 17.9 Å². The smallest absolute Gasteiger partial charge is 0.238 e. The van der Waals surface area contributed by atoms with Crippen LogP contribution < -0.4 is 5.32 Å². The second-order valence-electron chi connectivity index (χ2n) is 7.28. The quantitative estimate of drug-likeness (QED) is 0.735. The van der Waals surface area contributed by atoms with Gasteiger partial charge in [0.25, 0.3) is 0 Å². The van der Waals surface area contributed by atoms with E-state index in [-0.39, 0.29) is 12.0 Å². The summed E-state index contributed by atoms with van der Waals surface area (Å²) in [5, 5.41) is 2.90. The van der Waals surface area contributed by atoms with E-state index in [1.165, 1.54) is 10.6 Å². The third-order valence-corrected chi connectivity index (χ3v) is 5.82. The molecule has 0 bridgehead atoms. The molecule has 2 rings (SSSR count). The van der Waals surface area contributed by atoms with Crippen LogP contribution in [0.2, 0.25) is 0 Å². The lowest BCUT2D eigenvalue weighted by Gasteiger charge is -2.35. The first kappa shape index (κ1) is 19.6. The van der Waals surface area contributed by atoms with Crippen LogP contribution in [-0.4, -0.2) is 81.3 Å². The minimum atomic E-state index is -3.35. The fourth-order valence-electron chi connectivity index (χ4n) is 3.48. The van der Waals surface area contributed by atoms with Gasteiger partial charge in [-0.05, 0) is 18.8 Å². The van der Waals surface area contributed by atoms with Crippen LogP contribution in [-0.2, 0) is 19.6 Å². The first-order chi connectivity index (χ1) is 11.3. The maximum atomic E-state index is 12.5. The molecule has 0 spiro atoms. The van der Waals surface area contributed by atoms with Crippen molar-refractivity contribution in [1.29, 1.82) is 0 Å². The summed E-state index contributed by atoms with van der Waals surface area (Å²) in [7, 11) is -3.35. The summed E-state index contributed by atoms with van der Waals surface area (Å²) >= 11 is 0. The van der Waals surface area contributed by atoms with Gasteiger partial charge in [-0.1, -0.05) is 20.3 Å². The number of morpholine rings is 1. The molecule has 2 unspecified atom stereocenters. The average molecular weight is 362 g/mol. The summed E-state index contributed by atoms with van der Waals surface area (Å²) in [6.07, 6.45) is 3.42. The Hall–Kier alpha value is -0.700. The lowest BCUT2D eigenvalue weighted by atomic mass is 10.0. The molecule has 0 saturated carbocycles. The van der Waals surface area contributed by atoms with Gasteiger partial charge >= 0.3 is 0 Å². The number of ether oxygens (including phenoxy) is 1. The van der Waals surface area contributed by atoms with Crippen LogP contribution in [0.25, 0.3) is 0 Å². The van der Waals surface area contributed by atoms with Gasteiger partial charge < -0.3 is 10.1 Å². The molecule has 0 aromatic rings. The van der Waals surface area contributed by atoms with Crippen molar-refractivity contribution in [2.24, 2.45) is 5.92 Å². The van der Waals surface area contributed by atoms with E-state index < -0.39 is 16.1 Å². The highest BCUT2D eigenvalue weighted by molar-refractivity contribution is 7.88. The fourth-order valence-corrected chi connectivity index (χ4v) is 4.61. The molecule has 2 aliphatic heterocycles. The SMILES string of the molecule is CC(C)CN1CCOC(CNC(=O)C2CCCCN2S(C)(=O)=O)C1. The highest BCUT2D eigenvalue weighted by atomic mass is 32.2. The van der Waals surface area contributed by atoms with E-state index >= 15 is 0 Å². The van der Waals surface area contributed by atoms with E-state index in [4.69, 9.17) is 4.74 Å². The number of nitrogens with zero attached hydrogens (tertiary/aromatic N) is 2. The van der Waals surface area contributed by atoms with Crippen LogP contribution in [0, 0.1) is 5.92 Å². The summed E-state index contributed by atoms with van der Waals surface area (Å²) < 4.78 is 30.8. The van der Waals surface area contributed by atoms with Crippen LogP contribution >= 0.6 is 0 Å². The average Bonchev–Trinajstić information content (AvgIpc) is 2.51. The molecule has 8 heteroatoms. The zero-order chi connectivity index (χ0) is 17.7. The molecule has 2 atom stereocenters. The maximum absolute atomic E-state index is 12.5. The molecule has 2 saturated heterocycles. The van der Waals surface area contributed by atoms with Crippen LogP contribution in [0.15, 0.2) is 0 Å². The zero-order valence-electron chi connectivity index (χ0n) is 15.0. The van der Waals surface area contributed by atoms with Gasteiger partial charge in [0, 0.05) is 32.7 Å². The van der Waals surface area contributed by atoms with E-state index in [1.54, 1.807) is 0 Å². The van der Waals surface area contributed by atoms with Gasteiger partial charge in [-0.15, -0.1) is 0 Å². The molecule has 140 valence electrons. The Morgan fingerprint density at radius 3 is 2.71 bits per heavy atom. The van der Waals surface area contributed by atoms with Crippen LogP contribution in [0.3, 0.4) is 0 Å². The molecule has 0 aromatic heterocycles. The van der Waals surface area contributed by atoms with Gasteiger partial charge in [0.1, 0.15) is 6.04 Å². The number of amides is 1. The highest BCUT2D eigenvalue weighted by Gasteiger charge is 2.34. The van der Waals surface area contributed by atoms with E-state index in [1.807, 2.05) is 0 Å². The minimum absolute atomic E-state index is 0.0308. The van der Waals surface area contributed by atoms with Crippen molar-refractivity contribution in [2.45, 2.75) is 45.3 Å². The Bertz CT molecular complexity index is 523. The lowest BCUT2D eigenvalue weighted by molar-refractivity contribution is -0.126. The molecule has 2 heterocycles. The van der Waals surface area contributed by atoms with Gasteiger partial charge in [-0.3, -0.25) is 9.69 Å². The number of sulfonamides is 1. The maximum Gasteiger partial charge on any atom is 0.238 e. The Labute approximate surface area is 145 Å². The molecular formula is C16H31N3O4S. The highest BCUT2D eigenvalue weighted by Crippen LogP contribution is 2.20. The van der Waals surface area contributed by atoms with E-state index in [0.29, 0.717) is 32.0 Å². The second kappa shape index (κ2) is 8.60. The van der Waals surface area contributed by atoms with Crippen LogP contribution in [0.1, 0.15) is 33.1 Å². The van der Waals surface area contributed by atoms with Gasteiger partial charge in [0.05, 0.1) is 19.0 Å². The minimum Gasteiger partial charge on any atom is -0.374 e. The first-order valence-electron chi connectivity index (χ1n) is 8.86. The predicted molar refractivity (Wildman–Crippen MR) is 93.2 cm³/mol. The van der Waals surface area contributed by atoms with Gasteiger partial charge in [-0.25, -0.2) is 8.42 Å². The first-order valence-corrected chi connectivity index (χ1v) is 10.7. The van der Waals surface area contributed by atoms with Crippen molar-refractivity contribution in [2.75, 3.05) is 45.6 Å². The molecule has 0 aromatic carbocycles. The lowest BCUT2D eigenvalue weighted by Crippen LogP contribution is -2.54. The van der Waals surface area contributed by atoms with Crippen molar-refractivity contribution in [1.82, 2.24) is 14.5 Å². The molecular weight excluding hydrogens is 330 g/mol. The monoisotopic (exact) mass is 361 g/mol. The Kier molecular flexibility index (Phi) is 7.03. The molecule has 7 nitrogen and oxygen atoms in total. The Morgan fingerprint density at radius 2 is 2.04 bits per heavy atom. The zero-order valence-corrected chi connectivity index (χ0v) is 15.8. The van der Waals surface area contributed by atoms with Gasteiger partial charge in [0.2, 0.25) is 15.9 Å². The molecule has 1 amide bonds. The number of hydrogen-bond acceptors (Lipinski definition) is 5. The van der Waals surface area contributed by atoms with E-state index in [0.717, 1.165) is 32.5 Å². The summed E-state index contributed by atoms with van der Waals surface area (Å²) in [5.41, 5.74) is 0. The molecule has 0 aliphatic carbocycles. The van der Waals surface area contributed by atoms with Crippen molar-refractivity contribution in [3.8, 4) is 0 Å². The third-order valence-electron chi connectivity index (χ3n) is 4.53. The summed E-state index contributed by atoms with van der Waals surface area (Å²) in [6.45, 7) is 8.67. The largest absolute Gasteiger partial charge is 0.374 e. The Morgan fingerprint density at radius 1 is 1.29 bits per heavy atom. The molecule has 2 aliphatic rings. The van der Waals surface area contributed by atoms with E-state index in [2.05, 4.69) is 24.1 Å². The van der Waals surface area contributed by atoms with Gasteiger partial charge in [-0.2, -0.15) is 4.31 Å². The summed E-state index contributed by atoms with van der Waals surface area (Å²) in [5.74, 6) is 0.397. The molecule has 2 fully saturated rings. The number of nitrogens with one attached hydrogen (secondary N) is 1. The number of carbonyl (C=O) groups is 1.